The van der Waals surface area contributed by atoms with E-state index in [1.165, 1.54) is 28.1 Å². The highest BCUT2D eigenvalue weighted by Crippen LogP contribution is 2.44. The van der Waals surface area contributed by atoms with Gasteiger partial charge in [0.05, 0.1) is 16.9 Å². The largest absolute Gasteiger partial charge is 0.372 e. The number of piperidine rings is 1. The Morgan fingerprint density at radius 1 is 1.03 bits per heavy atom. The molecule has 5 nitrogen and oxygen atoms in total. The molecule has 0 atom stereocenters. The maximum Gasteiger partial charge on any atom is 0.245 e. The summed E-state index contributed by atoms with van der Waals surface area (Å²) in [7, 11) is -3.86. The topological polar surface area (TPSA) is 54.3 Å². The molecule has 1 spiro atoms. The Balaban J connectivity index is 1.47. The second-order valence-corrected chi connectivity index (χ2v) is 9.73. The highest BCUT2D eigenvalue weighted by atomic mass is 32.2. The number of anilines is 1. The van der Waals surface area contributed by atoms with E-state index >= 15 is 0 Å². The maximum absolute atomic E-state index is 14.1. The molecule has 0 amide bonds. The monoisotopic (exact) mass is 411 g/mol. The molecular formula is C22H22FN3O2S. The molecule has 3 heterocycles. The summed E-state index contributed by atoms with van der Waals surface area (Å²) in [5.41, 5.74) is 4.12. The first-order valence-electron chi connectivity index (χ1n) is 9.72. The molecule has 1 aromatic heterocycles. The van der Waals surface area contributed by atoms with Crippen molar-refractivity contribution < 1.29 is 12.8 Å². The average Bonchev–Trinajstić information content (AvgIpc) is 3.19. The van der Waals surface area contributed by atoms with Crippen LogP contribution >= 0.6 is 0 Å². The van der Waals surface area contributed by atoms with Crippen LogP contribution in [0.15, 0.2) is 65.7 Å². The Labute approximate surface area is 169 Å². The van der Waals surface area contributed by atoms with E-state index in [1.807, 2.05) is 6.07 Å². The van der Waals surface area contributed by atoms with Gasteiger partial charge in [0.25, 0.3) is 0 Å². The van der Waals surface area contributed by atoms with Crippen LogP contribution in [0.1, 0.15) is 24.1 Å². The lowest BCUT2D eigenvalue weighted by Gasteiger charge is -2.46. The summed E-state index contributed by atoms with van der Waals surface area (Å²) in [6, 6.07) is 16.0. The van der Waals surface area contributed by atoms with Crippen LogP contribution in [-0.2, 0) is 15.6 Å². The highest BCUT2D eigenvalue weighted by Gasteiger charge is 2.44. The van der Waals surface area contributed by atoms with Crippen molar-refractivity contribution in [2.45, 2.75) is 30.2 Å². The molecule has 0 unspecified atom stereocenters. The SMILES string of the molecule is Cc1ccc2c(c1)NC1(CCN(S(=O)(=O)c3ccccc3F)CC1)c1cccn1-2. The van der Waals surface area contributed by atoms with Gasteiger partial charge in [-0.2, -0.15) is 4.31 Å². The van der Waals surface area contributed by atoms with Gasteiger partial charge >= 0.3 is 0 Å². The molecular weight excluding hydrogens is 389 g/mol. The first-order valence-corrected chi connectivity index (χ1v) is 11.2. The molecule has 7 heteroatoms. The summed E-state index contributed by atoms with van der Waals surface area (Å²) in [5.74, 6) is -0.707. The van der Waals surface area contributed by atoms with Gasteiger partial charge in [-0.15, -0.1) is 0 Å². The van der Waals surface area contributed by atoms with Crippen LogP contribution in [-0.4, -0.2) is 30.4 Å². The number of nitrogens with one attached hydrogen (secondary N) is 1. The highest BCUT2D eigenvalue weighted by molar-refractivity contribution is 7.89. The van der Waals surface area contributed by atoms with Gasteiger partial charge in [-0.1, -0.05) is 18.2 Å². The van der Waals surface area contributed by atoms with Gasteiger partial charge in [-0.25, -0.2) is 12.8 Å². The Morgan fingerprint density at radius 2 is 1.79 bits per heavy atom. The second-order valence-electron chi connectivity index (χ2n) is 7.83. The van der Waals surface area contributed by atoms with E-state index in [-0.39, 0.29) is 10.4 Å². The number of benzene rings is 2. The van der Waals surface area contributed by atoms with Crippen molar-refractivity contribution in [2.24, 2.45) is 0 Å². The number of fused-ring (bicyclic) bond motifs is 4. The average molecular weight is 412 g/mol. The van der Waals surface area contributed by atoms with Gasteiger partial charge < -0.3 is 9.88 Å². The minimum Gasteiger partial charge on any atom is -0.372 e. The van der Waals surface area contributed by atoms with E-state index in [9.17, 15) is 12.8 Å². The molecule has 0 radical (unpaired) electrons. The third kappa shape index (κ3) is 2.80. The summed E-state index contributed by atoms with van der Waals surface area (Å²) < 4.78 is 43.7. The zero-order chi connectivity index (χ0) is 20.2. The second kappa shape index (κ2) is 6.43. The molecule has 29 heavy (non-hydrogen) atoms. The smallest absolute Gasteiger partial charge is 0.245 e. The number of hydrogen-bond acceptors (Lipinski definition) is 3. The molecule has 150 valence electrons. The standard InChI is InChI=1S/C22H22FN3O2S/c1-16-8-9-19-18(15-16)24-22(21-7-4-12-26(19)21)10-13-25(14-11-22)29(27,28)20-6-3-2-5-17(20)23/h2-9,12,15,24H,10-11,13-14H2,1H3. The molecule has 0 saturated carbocycles. The normalized spacial score (nSPS) is 18.1. The fraction of sp³-hybridized carbons (Fsp3) is 0.273. The lowest BCUT2D eigenvalue weighted by atomic mass is 9.83. The lowest BCUT2D eigenvalue weighted by Crippen LogP contribution is -2.51. The van der Waals surface area contributed by atoms with Gasteiger partial charge in [-0.3, -0.25) is 0 Å². The molecule has 1 N–H and O–H groups in total. The van der Waals surface area contributed by atoms with E-state index in [1.54, 1.807) is 6.07 Å². The third-order valence-electron chi connectivity index (χ3n) is 6.06. The van der Waals surface area contributed by atoms with Crippen molar-refractivity contribution >= 4 is 15.7 Å². The predicted octanol–water partition coefficient (Wildman–Crippen LogP) is 4.03. The van der Waals surface area contributed by atoms with Crippen molar-refractivity contribution in [1.82, 2.24) is 8.87 Å². The molecule has 0 bridgehead atoms. The van der Waals surface area contributed by atoms with Crippen LogP contribution in [0, 0.1) is 12.7 Å². The number of aryl methyl sites for hydroxylation is 1. The molecule has 0 aliphatic carbocycles. The summed E-state index contributed by atoms with van der Waals surface area (Å²) in [4.78, 5) is -0.253. The summed E-state index contributed by atoms with van der Waals surface area (Å²) in [6.45, 7) is 2.72. The van der Waals surface area contributed by atoms with Crippen LogP contribution in [0.2, 0.25) is 0 Å². The zero-order valence-corrected chi connectivity index (χ0v) is 16.9. The van der Waals surface area contributed by atoms with Gasteiger partial charge in [0.1, 0.15) is 10.7 Å². The quantitative estimate of drug-likeness (QED) is 0.693. The summed E-state index contributed by atoms with van der Waals surface area (Å²) >= 11 is 0. The Hall–Kier alpha value is -2.64. The Kier molecular flexibility index (Phi) is 4.08. The van der Waals surface area contributed by atoms with Crippen LogP contribution in [0.5, 0.6) is 0 Å². The lowest BCUT2D eigenvalue weighted by molar-refractivity contribution is 0.247. The number of aromatic nitrogens is 1. The van der Waals surface area contributed by atoms with Crippen molar-refractivity contribution in [3.63, 3.8) is 0 Å². The Bertz CT molecular complexity index is 1190. The van der Waals surface area contributed by atoms with Crippen LogP contribution in [0.4, 0.5) is 10.1 Å². The molecule has 2 aromatic carbocycles. The zero-order valence-electron chi connectivity index (χ0n) is 16.1. The fourth-order valence-electron chi connectivity index (χ4n) is 4.55. The number of nitrogens with zero attached hydrogens (tertiary/aromatic N) is 2. The molecule has 1 fully saturated rings. The first-order chi connectivity index (χ1) is 13.9. The van der Waals surface area contributed by atoms with E-state index in [2.05, 4.69) is 47.3 Å². The molecule has 2 aliphatic heterocycles. The van der Waals surface area contributed by atoms with E-state index in [4.69, 9.17) is 0 Å². The molecule has 2 aliphatic rings. The fourth-order valence-corrected chi connectivity index (χ4v) is 6.05. The molecule has 3 aromatic rings. The number of halogens is 1. The summed E-state index contributed by atoms with van der Waals surface area (Å²) in [6.07, 6.45) is 3.27. The van der Waals surface area contributed by atoms with Crippen LogP contribution in [0.3, 0.4) is 0 Å². The third-order valence-corrected chi connectivity index (χ3v) is 7.99. The van der Waals surface area contributed by atoms with Crippen LogP contribution < -0.4 is 5.32 Å². The van der Waals surface area contributed by atoms with Crippen molar-refractivity contribution in [1.29, 1.82) is 0 Å². The minimum absolute atomic E-state index is 0.253. The Morgan fingerprint density at radius 3 is 2.55 bits per heavy atom. The van der Waals surface area contributed by atoms with Gasteiger partial charge in [0.15, 0.2) is 0 Å². The van der Waals surface area contributed by atoms with Gasteiger partial charge in [-0.05, 0) is 61.7 Å². The van der Waals surface area contributed by atoms with Gasteiger partial charge in [0, 0.05) is 25.0 Å². The van der Waals surface area contributed by atoms with Crippen molar-refractivity contribution in [3.05, 3.63) is 77.9 Å². The van der Waals surface area contributed by atoms with E-state index in [0.717, 1.165) is 17.1 Å². The predicted molar refractivity (Wildman–Crippen MR) is 110 cm³/mol. The number of rotatable bonds is 2. The number of sulfonamides is 1. The van der Waals surface area contributed by atoms with Crippen LogP contribution in [0.25, 0.3) is 5.69 Å². The first kappa shape index (κ1) is 18.4. The van der Waals surface area contributed by atoms with E-state index < -0.39 is 15.8 Å². The summed E-state index contributed by atoms with van der Waals surface area (Å²) in [5, 5.41) is 3.70. The van der Waals surface area contributed by atoms with E-state index in [0.29, 0.717) is 25.9 Å². The van der Waals surface area contributed by atoms with Crippen molar-refractivity contribution in [3.8, 4) is 5.69 Å². The van der Waals surface area contributed by atoms with Gasteiger partial charge in [0.2, 0.25) is 10.0 Å². The maximum atomic E-state index is 14.1. The molecule has 1 saturated heterocycles. The minimum atomic E-state index is -3.86. The molecule has 5 rings (SSSR count). The number of hydrogen-bond donors (Lipinski definition) is 1. The van der Waals surface area contributed by atoms with Crippen molar-refractivity contribution in [2.75, 3.05) is 18.4 Å².